The molecule has 3 rings (SSSR count). The van der Waals surface area contributed by atoms with Gasteiger partial charge in [0.2, 0.25) is 0 Å². The SMILES string of the molecule is COc1cc(-c2cc(=O)c3c(O)cc(O)c(CC=C(C)C)c3o2)ccc1C. The normalized spacial score (nSPS) is 10.8. The molecule has 2 N–H and O–H groups in total. The van der Waals surface area contributed by atoms with Gasteiger partial charge >= 0.3 is 0 Å². The second kappa shape index (κ2) is 7.19. The van der Waals surface area contributed by atoms with E-state index in [0.29, 0.717) is 29.1 Å². The molecule has 0 aliphatic heterocycles. The van der Waals surface area contributed by atoms with Crippen molar-refractivity contribution in [3.05, 3.63) is 63.3 Å². The molecule has 0 unspecified atom stereocenters. The van der Waals surface area contributed by atoms with Crippen molar-refractivity contribution in [2.75, 3.05) is 7.11 Å². The Morgan fingerprint density at radius 2 is 1.89 bits per heavy atom. The van der Waals surface area contributed by atoms with Gasteiger partial charge in [0.15, 0.2) is 5.43 Å². The van der Waals surface area contributed by atoms with E-state index in [1.54, 1.807) is 13.2 Å². The van der Waals surface area contributed by atoms with Crippen molar-refractivity contribution < 1.29 is 19.4 Å². The second-order valence-corrected chi connectivity index (χ2v) is 6.74. The molecule has 0 spiro atoms. The Hall–Kier alpha value is -3.21. The van der Waals surface area contributed by atoms with Gasteiger partial charge in [-0.25, -0.2) is 0 Å². The van der Waals surface area contributed by atoms with Crippen molar-refractivity contribution in [2.45, 2.75) is 27.2 Å². The Balaban J connectivity index is 2.30. The number of ether oxygens (including phenoxy) is 1. The zero-order valence-corrected chi connectivity index (χ0v) is 15.8. The van der Waals surface area contributed by atoms with Crippen LogP contribution in [-0.4, -0.2) is 17.3 Å². The highest BCUT2D eigenvalue weighted by Crippen LogP contribution is 2.36. The highest BCUT2D eigenvalue weighted by atomic mass is 16.5. The molecule has 3 aromatic rings. The number of rotatable bonds is 4. The Labute approximate surface area is 157 Å². The van der Waals surface area contributed by atoms with Crippen LogP contribution in [0.2, 0.25) is 0 Å². The summed E-state index contributed by atoms with van der Waals surface area (Å²) in [5.41, 5.74) is 2.98. The van der Waals surface area contributed by atoms with Crippen molar-refractivity contribution in [1.82, 2.24) is 0 Å². The third-order valence-electron chi connectivity index (χ3n) is 4.47. The number of hydrogen-bond donors (Lipinski definition) is 2. The van der Waals surface area contributed by atoms with E-state index in [-0.39, 0.29) is 27.9 Å². The first kappa shape index (κ1) is 18.6. The number of benzene rings is 2. The van der Waals surface area contributed by atoms with E-state index in [4.69, 9.17) is 9.15 Å². The zero-order valence-electron chi connectivity index (χ0n) is 15.8. The van der Waals surface area contributed by atoms with Crippen molar-refractivity contribution in [1.29, 1.82) is 0 Å². The van der Waals surface area contributed by atoms with Gasteiger partial charge in [0.25, 0.3) is 0 Å². The minimum Gasteiger partial charge on any atom is -0.507 e. The summed E-state index contributed by atoms with van der Waals surface area (Å²) < 4.78 is 11.3. The van der Waals surface area contributed by atoms with Crippen LogP contribution in [0.1, 0.15) is 25.0 Å². The van der Waals surface area contributed by atoms with Crippen LogP contribution in [0, 0.1) is 6.92 Å². The number of aryl methyl sites for hydroxylation is 1. The van der Waals surface area contributed by atoms with E-state index in [2.05, 4.69) is 0 Å². The lowest BCUT2D eigenvalue weighted by atomic mass is 10.0. The molecule has 0 aliphatic carbocycles. The monoisotopic (exact) mass is 366 g/mol. The Bertz CT molecular complexity index is 1100. The molecule has 0 atom stereocenters. The van der Waals surface area contributed by atoms with Crippen molar-refractivity contribution in [3.63, 3.8) is 0 Å². The predicted molar refractivity (Wildman–Crippen MR) is 106 cm³/mol. The van der Waals surface area contributed by atoms with Crippen LogP contribution in [0.5, 0.6) is 17.2 Å². The van der Waals surface area contributed by atoms with Crippen LogP contribution >= 0.6 is 0 Å². The number of methoxy groups -OCH3 is 1. The van der Waals surface area contributed by atoms with Gasteiger partial charge in [-0.05, 0) is 38.8 Å². The molecule has 5 nitrogen and oxygen atoms in total. The lowest BCUT2D eigenvalue weighted by Gasteiger charge is -2.11. The van der Waals surface area contributed by atoms with Gasteiger partial charge < -0.3 is 19.4 Å². The number of hydrogen-bond acceptors (Lipinski definition) is 5. The molecule has 2 aromatic carbocycles. The van der Waals surface area contributed by atoms with Gasteiger partial charge in [-0.1, -0.05) is 23.8 Å². The molecule has 0 bridgehead atoms. The molecule has 1 aromatic heterocycles. The average Bonchev–Trinajstić information content (AvgIpc) is 2.60. The molecular weight excluding hydrogens is 344 g/mol. The third kappa shape index (κ3) is 3.53. The number of fused-ring (bicyclic) bond motifs is 1. The van der Waals surface area contributed by atoms with Crippen molar-refractivity contribution in [2.24, 2.45) is 0 Å². The number of phenols is 2. The minimum absolute atomic E-state index is 0.0628. The summed E-state index contributed by atoms with van der Waals surface area (Å²) >= 11 is 0. The van der Waals surface area contributed by atoms with Gasteiger partial charge in [-0.3, -0.25) is 4.79 Å². The topological polar surface area (TPSA) is 79.9 Å². The standard InChI is InChI=1S/C22H22O5/c1-12(2)5-8-15-16(23)10-17(24)21-18(25)11-20(27-22(15)21)14-7-6-13(3)19(9-14)26-4/h5-7,9-11,23-24H,8H2,1-4H3. The summed E-state index contributed by atoms with van der Waals surface area (Å²) in [5, 5.41) is 20.5. The van der Waals surface area contributed by atoms with Crippen LogP contribution in [0.15, 0.2) is 51.2 Å². The first-order chi connectivity index (χ1) is 12.8. The summed E-state index contributed by atoms with van der Waals surface area (Å²) in [6, 6.07) is 8.02. The summed E-state index contributed by atoms with van der Waals surface area (Å²) in [6.45, 7) is 5.81. The van der Waals surface area contributed by atoms with Crippen LogP contribution in [0.3, 0.4) is 0 Å². The largest absolute Gasteiger partial charge is 0.507 e. The van der Waals surface area contributed by atoms with Crippen molar-refractivity contribution >= 4 is 11.0 Å². The van der Waals surface area contributed by atoms with Crippen LogP contribution < -0.4 is 10.2 Å². The number of phenolic OH excluding ortho intramolecular Hbond substituents is 2. The molecule has 0 amide bonds. The summed E-state index contributed by atoms with van der Waals surface area (Å²) in [7, 11) is 1.58. The summed E-state index contributed by atoms with van der Waals surface area (Å²) in [6.07, 6.45) is 2.31. The maximum Gasteiger partial charge on any atom is 0.197 e. The molecule has 140 valence electrons. The summed E-state index contributed by atoms with van der Waals surface area (Å²) in [4.78, 5) is 12.7. The van der Waals surface area contributed by atoms with E-state index in [1.807, 2.05) is 39.0 Å². The van der Waals surface area contributed by atoms with Gasteiger partial charge in [0, 0.05) is 23.3 Å². The fourth-order valence-corrected chi connectivity index (χ4v) is 2.97. The van der Waals surface area contributed by atoms with Gasteiger partial charge in [0.05, 0.1) is 7.11 Å². The molecule has 0 aliphatic rings. The molecule has 5 heteroatoms. The highest BCUT2D eigenvalue weighted by molar-refractivity contribution is 5.89. The average molecular weight is 366 g/mol. The van der Waals surface area contributed by atoms with E-state index in [1.165, 1.54) is 12.1 Å². The smallest absolute Gasteiger partial charge is 0.197 e. The van der Waals surface area contributed by atoms with E-state index < -0.39 is 0 Å². The molecule has 0 radical (unpaired) electrons. The first-order valence-corrected chi connectivity index (χ1v) is 8.62. The Kier molecular flexibility index (Phi) is 4.95. The maximum atomic E-state index is 12.7. The molecule has 1 heterocycles. The minimum atomic E-state index is -0.373. The molecular formula is C22H22O5. The zero-order chi connectivity index (χ0) is 19.7. The Morgan fingerprint density at radius 1 is 1.15 bits per heavy atom. The van der Waals surface area contributed by atoms with Crippen LogP contribution in [0.4, 0.5) is 0 Å². The predicted octanol–water partition coefficient (Wildman–Crippen LogP) is 4.70. The quantitative estimate of drug-likeness (QED) is 0.655. The third-order valence-corrected chi connectivity index (χ3v) is 4.47. The van der Waals surface area contributed by atoms with E-state index >= 15 is 0 Å². The van der Waals surface area contributed by atoms with Crippen LogP contribution in [0.25, 0.3) is 22.3 Å². The summed E-state index contributed by atoms with van der Waals surface area (Å²) in [5.74, 6) is 0.609. The molecule has 0 saturated carbocycles. The number of allylic oxidation sites excluding steroid dienone is 2. The highest BCUT2D eigenvalue weighted by Gasteiger charge is 2.18. The molecule has 0 saturated heterocycles. The lowest BCUT2D eigenvalue weighted by molar-refractivity contribution is 0.411. The van der Waals surface area contributed by atoms with Crippen LogP contribution in [-0.2, 0) is 6.42 Å². The van der Waals surface area contributed by atoms with Gasteiger partial charge in [0.1, 0.15) is 34.0 Å². The van der Waals surface area contributed by atoms with E-state index in [9.17, 15) is 15.0 Å². The first-order valence-electron chi connectivity index (χ1n) is 8.62. The van der Waals surface area contributed by atoms with E-state index in [0.717, 1.165) is 11.1 Å². The van der Waals surface area contributed by atoms with Gasteiger partial charge in [-0.15, -0.1) is 0 Å². The fraction of sp³-hybridized carbons (Fsp3) is 0.227. The fourth-order valence-electron chi connectivity index (χ4n) is 2.97. The van der Waals surface area contributed by atoms with Crippen molar-refractivity contribution in [3.8, 4) is 28.6 Å². The second-order valence-electron chi connectivity index (χ2n) is 6.74. The molecule has 27 heavy (non-hydrogen) atoms. The maximum absolute atomic E-state index is 12.7. The Morgan fingerprint density at radius 3 is 2.56 bits per heavy atom. The molecule has 0 fully saturated rings. The lowest BCUT2D eigenvalue weighted by Crippen LogP contribution is -2.03. The van der Waals surface area contributed by atoms with Gasteiger partial charge in [-0.2, -0.15) is 0 Å². The number of aromatic hydroxyl groups is 2.